The normalized spacial score (nSPS) is 11.8. The average Bonchev–Trinajstić information content (AvgIpc) is 3.25. The average molecular weight is 378 g/mol. The zero-order chi connectivity index (χ0) is 19.9. The summed E-state index contributed by atoms with van der Waals surface area (Å²) in [7, 11) is 1.85. The Kier molecular flexibility index (Phi) is 6.42. The molecule has 1 heterocycles. The van der Waals surface area contributed by atoms with E-state index in [0.29, 0.717) is 19.4 Å². The highest BCUT2D eigenvalue weighted by Crippen LogP contribution is 2.21. The van der Waals surface area contributed by atoms with Crippen LogP contribution in [0.2, 0.25) is 0 Å². The number of hydrogen-bond donors (Lipinski definition) is 0. The van der Waals surface area contributed by atoms with E-state index in [4.69, 9.17) is 4.74 Å². The van der Waals surface area contributed by atoms with Gasteiger partial charge in [-0.25, -0.2) is 9.67 Å². The Balaban J connectivity index is 1.48. The minimum absolute atomic E-state index is 0.00464. The molecule has 0 N–H and O–H groups in total. The van der Waals surface area contributed by atoms with Gasteiger partial charge in [-0.15, -0.1) is 0 Å². The van der Waals surface area contributed by atoms with Crippen LogP contribution in [0.1, 0.15) is 36.9 Å². The molecule has 0 aliphatic heterocycles. The molecule has 0 bridgehead atoms. The number of carbonyl (C=O) groups excluding carboxylic acids is 1. The molecule has 0 spiro atoms. The summed E-state index contributed by atoms with van der Waals surface area (Å²) >= 11 is 0. The summed E-state index contributed by atoms with van der Waals surface area (Å²) in [5.41, 5.74) is 3.18. The van der Waals surface area contributed by atoms with Gasteiger partial charge in [0.2, 0.25) is 5.91 Å². The molecule has 1 atom stereocenters. The number of nitrogens with zero attached hydrogens (tertiary/aromatic N) is 4. The summed E-state index contributed by atoms with van der Waals surface area (Å²) in [5.74, 6) is 0.960. The lowest BCUT2D eigenvalue weighted by molar-refractivity contribution is -0.132. The van der Waals surface area contributed by atoms with Crippen LogP contribution in [0.25, 0.3) is 5.69 Å². The van der Waals surface area contributed by atoms with E-state index in [2.05, 4.69) is 10.1 Å². The lowest BCUT2D eigenvalue weighted by atomic mass is 10.1. The molecule has 2 aromatic carbocycles. The first kappa shape index (κ1) is 19.6. The van der Waals surface area contributed by atoms with Gasteiger partial charge in [0.1, 0.15) is 18.4 Å². The second kappa shape index (κ2) is 9.17. The van der Waals surface area contributed by atoms with Crippen LogP contribution in [0.4, 0.5) is 0 Å². The molecule has 3 rings (SSSR count). The van der Waals surface area contributed by atoms with E-state index in [9.17, 15) is 4.79 Å². The fraction of sp³-hybridized carbons (Fsp3) is 0.318. The van der Waals surface area contributed by atoms with Gasteiger partial charge in [0.15, 0.2) is 0 Å². The first-order chi connectivity index (χ1) is 13.5. The topological polar surface area (TPSA) is 60.2 Å². The number of aromatic nitrogens is 3. The van der Waals surface area contributed by atoms with E-state index in [1.54, 1.807) is 15.9 Å². The highest BCUT2D eigenvalue weighted by molar-refractivity contribution is 5.76. The summed E-state index contributed by atoms with van der Waals surface area (Å²) in [6.07, 6.45) is 4.32. The maximum absolute atomic E-state index is 12.5. The molecule has 1 amide bonds. The highest BCUT2D eigenvalue weighted by Gasteiger charge is 2.17. The van der Waals surface area contributed by atoms with Crippen molar-refractivity contribution in [1.29, 1.82) is 0 Å². The molecule has 3 aromatic rings. The quantitative estimate of drug-likeness (QED) is 0.557. The Morgan fingerprint density at radius 2 is 2.00 bits per heavy atom. The minimum atomic E-state index is -0.00464. The van der Waals surface area contributed by atoms with Crippen LogP contribution in [0.15, 0.2) is 61.2 Å². The van der Waals surface area contributed by atoms with Gasteiger partial charge in [-0.05, 0) is 55.7 Å². The van der Waals surface area contributed by atoms with E-state index in [1.807, 2.05) is 69.4 Å². The predicted octanol–water partition coefficient (Wildman–Crippen LogP) is 3.95. The fourth-order valence-electron chi connectivity index (χ4n) is 2.98. The molecule has 0 saturated carbocycles. The van der Waals surface area contributed by atoms with Crippen LogP contribution in [-0.4, -0.2) is 39.2 Å². The summed E-state index contributed by atoms with van der Waals surface area (Å²) in [6, 6.07) is 15.9. The van der Waals surface area contributed by atoms with Gasteiger partial charge in [0.25, 0.3) is 0 Å². The number of rotatable bonds is 8. The van der Waals surface area contributed by atoms with Gasteiger partial charge < -0.3 is 9.64 Å². The summed E-state index contributed by atoms with van der Waals surface area (Å²) in [6.45, 7) is 4.60. The summed E-state index contributed by atoms with van der Waals surface area (Å²) in [4.78, 5) is 18.3. The van der Waals surface area contributed by atoms with Gasteiger partial charge in [0, 0.05) is 13.5 Å². The van der Waals surface area contributed by atoms with Gasteiger partial charge in [-0.2, -0.15) is 5.10 Å². The van der Waals surface area contributed by atoms with Gasteiger partial charge in [0.05, 0.1) is 18.3 Å². The Morgan fingerprint density at radius 1 is 1.21 bits per heavy atom. The molecular weight excluding hydrogens is 352 g/mol. The molecule has 28 heavy (non-hydrogen) atoms. The molecule has 0 aliphatic rings. The van der Waals surface area contributed by atoms with E-state index in [-0.39, 0.29) is 11.9 Å². The first-order valence-corrected chi connectivity index (χ1v) is 9.44. The molecule has 6 heteroatoms. The minimum Gasteiger partial charge on any atom is -0.494 e. The van der Waals surface area contributed by atoms with Crippen molar-refractivity contribution in [3.05, 3.63) is 72.3 Å². The van der Waals surface area contributed by atoms with E-state index in [1.165, 1.54) is 6.33 Å². The van der Waals surface area contributed by atoms with Crippen molar-refractivity contribution in [3.63, 3.8) is 0 Å². The smallest absolute Gasteiger partial charge is 0.222 e. The van der Waals surface area contributed by atoms with E-state index < -0.39 is 0 Å². The van der Waals surface area contributed by atoms with Gasteiger partial charge in [-0.3, -0.25) is 4.79 Å². The van der Waals surface area contributed by atoms with Crippen molar-refractivity contribution in [2.75, 3.05) is 13.7 Å². The summed E-state index contributed by atoms with van der Waals surface area (Å²) in [5, 5.41) is 4.12. The zero-order valence-corrected chi connectivity index (χ0v) is 16.6. The standard InChI is InChI=1S/C22H26N4O2/c1-17-6-4-7-21(14-17)28-13-5-8-22(27)25(3)18(2)19-9-11-20(12-10-19)26-16-23-15-24-26/h4,6-7,9-12,14-16,18H,5,8,13H2,1-3H3/t18-/m0/s1. The van der Waals surface area contributed by atoms with Crippen LogP contribution in [-0.2, 0) is 4.79 Å². The molecule has 0 fully saturated rings. The van der Waals surface area contributed by atoms with Crippen LogP contribution in [0.5, 0.6) is 5.75 Å². The largest absolute Gasteiger partial charge is 0.494 e. The lowest BCUT2D eigenvalue weighted by Crippen LogP contribution is -2.29. The number of ether oxygens (including phenoxy) is 1. The molecule has 0 aliphatic carbocycles. The predicted molar refractivity (Wildman–Crippen MR) is 108 cm³/mol. The molecule has 1 aromatic heterocycles. The molecule has 0 saturated heterocycles. The first-order valence-electron chi connectivity index (χ1n) is 9.44. The van der Waals surface area contributed by atoms with Crippen LogP contribution in [0, 0.1) is 6.92 Å². The number of amides is 1. The molecule has 0 radical (unpaired) electrons. The SMILES string of the molecule is Cc1cccc(OCCCC(=O)N(C)[C@@H](C)c2ccc(-n3cncn3)cc2)c1. The molecule has 0 unspecified atom stereocenters. The molecule has 146 valence electrons. The Hall–Kier alpha value is -3.15. The highest BCUT2D eigenvalue weighted by atomic mass is 16.5. The Morgan fingerprint density at radius 3 is 2.68 bits per heavy atom. The van der Waals surface area contributed by atoms with Crippen molar-refractivity contribution in [3.8, 4) is 11.4 Å². The second-order valence-corrected chi connectivity index (χ2v) is 6.88. The van der Waals surface area contributed by atoms with Crippen molar-refractivity contribution in [2.24, 2.45) is 0 Å². The van der Waals surface area contributed by atoms with Crippen molar-refractivity contribution >= 4 is 5.91 Å². The van der Waals surface area contributed by atoms with Gasteiger partial charge in [-0.1, -0.05) is 24.3 Å². The Labute approximate surface area is 165 Å². The number of carbonyl (C=O) groups is 1. The monoisotopic (exact) mass is 378 g/mol. The second-order valence-electron chi connectivity index (χ2n) is 6.88. The maximum Gasteiger partial charge on any atom is 0.222 e. The van der Waals surface area contributed by atoms with Crippen molar-refractivity contribution in [2.45, 2.75) is 32.7 Å². The summed E-state index contributed by atoms with van der Waals surface area (Å²) < 4.78 is 7.43. The van der Waals surface area contributed by atoms with Crippen molar-refractivity contribution in [1.82, 2.24) is 19.7 Å². The number of benzene rings is 2. The third-order valence-electron chi connectivity index (χ3n) is 4.83. The molecular formula is C22H26N4O2. The van der Waals surface area contributed by atoms with Crippen LogP contribution in [0.3, 0.4) is 0 Å². The maximum atomic E-state index is 12.5. The van der Waals surface area contributed by atoms with E-state index >= 15 is 0 Å². The zero-order valence-electron chi connectivity index (χ0n) is 16.6. The third-order valence-corrected chi connectivity index (χ3v) is 4.83. The number of aryl methyl sites for hydroxylation is 1. The Bertz CT molecular complexity index is 891. The lowest BCUT2D eigenvalue weighted by Gasteiger charge is -2.25. The van der Waals surface area contributed by atoms with Crippen LogP contribution >= 0.6 is 0 Å². The number of hydrogen-bond acceptors (Lipinski definition) is 4. The van der Waals surface area contributed by atoms with Gasteiger partial charge >= 0.3 is 0 Å². The fourth-order valence-corrected chi connectivity index (χ4v) is 2.98. The van der Waals surface area contributed by atoms with Crippen LogP contribution < -0.4 is 4.74 Å². The third kappa shape index (κ3) is 4.97. The molecule has 6 nitrogen and oxygen atoms in total. The van der Waals surface area contributed by atoms with E-state index in [0.717, 1.165) is 22.6 Å². The van der Waals surface area contributed by atoms with Crippen molar-refractivity contribution < 1.29 is 9.53 Å².